The van der Waals surface area contributed by atoms with Crippen LogP contribution in [0.5, 0.6) is 17.2 Å². The van der Waals surface area contributed by atoms with E-state index in [1.54, 1.807) is 23.5 Å². The van der Waals surface area contributed by atoms with Crippen LogP contribution in [0.15, 0.2) is 28.9 Å². The number of rotatable bonds is 5. The third-order valence-corrected chi connectivity index (χ3v) is 2.94. The molecule has 0 spiro atoms. The van der Waals surface area contributed by atoms with Crippen LogP contribution in [0.3, 0.4) is 0 Å². The second-order valence-corrected chi connectivity index (χ2v) is 4.73. The highest BCUT2D eigenvalue weighted by Gasteiger charge is 2.28. The van der Waals surface area contributed by atoms with Crippen molar-refractivity contribution in [2.24, 2.45) is 0 Å². The number of nitrogens with zero attached hydrogens (tertiary/aromatic N) is 1. The molecule has 0 saturated carbocycles. The van der Waals surface area contributed by atoms with Crippen molar-refractivity contribution in [2.45, 2.75) is 12.8 Å². The Labute approximate surface area is 133 Å². The van der Waals surface area contributed by atoms with Gasteiger partial charge < -0.3 is 23.9 Å². The van der Waals surface area contributed by atoms with Crippen molar-refractivity contribution < 1.29 is 36.6 Å². The summed E-state index contributed by atoms with van der Waals surface area (Å²) >= 11 is 0. The molecule has 0 fully saturated rings. The molecular formula is C14H11F3N2O5. The van der Waals surface area contributed by atoms with E-state index in [2.05, 4.69) is 4.98 Å². The average molecular weight is 344 g/mol. The van der Waals surface area contributed by atoms with Gasteiger partial charge >= 0.3 is 6.18 Å². The molecule has 1 aromatic heterocycles. The minimum atomic E-state index is -4.50. The van der Waals surface area contributed by atoms with Crippen molar-refractivity contribution in [3.05, 3.63) is 36.0 Å². The van der Waals surface area contributed by atoms with Gasteiger partial charge in [0.2, 0.25) is 12.7 Å². The van der Waals surface area contributed by atoms with Gasteiger partial charge in [0.15, 0.2) is 23.8 Å². The molecule has 1 aliphatic rings. The van der Waals surface area contributed by atoms with Crippen LogP contribution in [0.4, 0.5) is 13.2 Å². The predicted octanol–water partition coefficient (Wildman–Crippen LogP) is 2.27. The van der Waals surface area contributed by atoms with Gasteiger partial charge in [0.25, 0.3) is 5.91 Å². The lowest BCUT2D eigenvalue weighted by Crippen LogP contribution is -2.33. The number of alkyl halides is 3. The first kappa shape index (κ1) is 16.0. The molecule has 0 aliphatic carbocycles. The molecule has 0 bridgehead atoms. The molecule has 1 aromatic carbocycles. The standard InChI is InChI=1S/C14H11F3N2O5/c15-14(16,17)6-18-13(20)9-4-22-12(19-9)5-21-8-1-2-10-11(3-8)24-7-23-10/h1-4H,5-7H2,(H,18,20). The Kier molecular flexibility index (Phi) is 4.19. The van der Waals surface area contributed by atoms with Crippen molar-refractivity contribution in [1.29, 1.82) is 0 Å². The second kappa shape index (κ2) is 6.30. The summed E-state index contributed by atoms with van der Waals surface area (Å²) in [6, 6.07) is 4.93. The maximum atomic E-state index is 12.0. The van der Waals surface area contributed by atoms with Gasteiger partial charge in [-0.1, -0.05) is 0 Å². The fraction of sp³-hybridized carbons (Fsp3) is 0.286. The van der Waals surface area contributed by atoms with E-state index in [4.69, 9.17) is 18.6 Å². The number of fused-ring (bicyclic) bond motifs is 1. The van der Waals surface area contributed by atoms with Crippen LogP contribution < -0.4 is 19.5 Å². The molecule has 24 heavy (non-hydrogen) atoms. The minimum Gasteiger partial charge on any atom is -0.484 e. The van der Waals surface area contributed by atoms with Crippen molar-refractivity contribution >= 4 is 5.91 Å². The number of hydrogen-bond acceptors (Lipinski definition) is 6. The lowest BCUT2D eigenvalue weighted by Gasteiger charge is -2.06. The summed E-state index contributed by atoms with van der Waals surface area (Å²) in [5.74, 6) is 0.657. The number of benzene rings is 1. The van der Waals surface area contributed by atoms with E-state index in [0.717, 1.165) is 6.26 Å². The number of ether oxygens (including phenoxy) is 3. The zero-order chi connectivity index (χ0) is 17.2. The molecule has 0 atom stereocenters. The molecule has 2 heterocycles. The van der Waals surface area contributed by atoms with Crippen LogP contribution in [-0.4, -0.2) is 30.4 Å². The van der Waals surface area contributed by atoms with Crippen molar-refractivity contribution in [1.82, 2.24) is 10.3 Å². The zero-order valence-corrected chi connectivity index (χ0v) is 12.1. The van der Waals surface area contributed by atoms with Gasteiger partial charge in [-0.25, -0.2) is 4.98 Å². The molecule has 0 radical (unpaired) electrons. The van der Waals surface area contributed by atoms with Crippen LogP contribution in [0.25, 0.3) is 0 Å². The van der Waals surface area contributed by atoms with E-state index < -0.39 is 18.6 Å². The number of halogens is 3. The number of nitrogens with one attached hydrogen (secondary N) is 1. The highest BCUT2D eigenvalue weighted by atomic mass is 19.4. The lowest BCUT2D eigenvalue weighted by atomic mass is 10.3. The van der Waals surface area contributed by atoms with E-state index in [0.29, 0.717) is 17.2 Å². The number of oxazole rings is 1. The van der Waals surface area contributed by atoms with E-state index in [1.165, 1.54) is 0 Å². The molecule has 1 aliphatic heterocycles. The van der Waals surface area contributed by atoms with E-state index in [-0.39, 0.29) is 25.0 Å². The topological polar surface area (TPSA) is 82.8 Å². The van der Waals surface area contributed by atoms with Crippen LogP contribution in [0.1, 0.15) is 16.4 Å². The Bertz CT molecular complexity index is 744. The van der Waals surface area contributed by atoms with Gasteiger partial charge in [0, 0.05) is 6.07 Å². The summed E-state index contributed by atoms with van der Waals surface area (Å²) in [6.07, 6.45) is -3.53. The summed E-state index contributed by atoms with van der Waals surface area (Å²) in [4.78, 5) is 15.3. The average Bonchev–Trinajstić information content (AvgIpc) is 3.18. The Balaban J connectivity index is 1.55. The SMILES string of the molecule is O=C(NCC(F)(F)F)c1coc(COc2ccc3c(c2)OCO3)n1. The van der Waals surface area contributed by atoms with E-state index in [9.17, 15) is 18.0 Å². The molecule has 3 rings (SSSR count). The zero-order valence-electron chi connectivity index (χ0n) is 12.1. The number of amides is 1. The molecular weight excluding hydrogens is 333 g/mol. The van der Waals surface area contributed by atoms with E-state index in [1.807, 2.05) is 0 Å². The van der Waals surface area contributed by atoms with Crippen molar-refractivity contribution in [3.8, 4) is 17.2 Å². The Morgan fingerprint density at radius 2 is 2.08 bits per heavy atom. The summed E-state index contributed by atoms with van der Waals surface area (Å²) in [5, 5.41) is 1.70. The predicted molar refractivity (Wildman–Crippen MR) is 71.8 cm³/mol. The van der Waals surface area contributed by atoms with Crippen LogP contribution in [0.2, 0.25) is 0 Å². The molecule has 2 aromatic rings. The van der Waals surface area contributed by atoms with Crippen LogP contribution >= 0.6 is 0 Å². The summed E-state index contributed by atoms with van der Waals surface area (Å²) in [7, 11) is 0. The van der Waals surface area contributed by atoms with Crippen LogP contribution in [0, 0.1) is 0 Å². The lowest BCUT2D eigenvalue weighted by molar-refractivity contribution is -0.123. The number of carbonyl (C=O) groups excluding carboxylic acids is 1. The molecule has 128 valence electrons. The second-order valence-electron chi connectivity index (χ2n) is 4.73. The van der Waals surface area contributed by atoms with Gasteiger partial charge in [0.05, 0.1) is 0 Å². The Hall–Kier alpha value is -2.91. The van der Waals surface area contributed by atoms with Crippen molar-refractivity contribution in [2.75, 3.05) is 13.3 Å². The van der Waals surface area contributed by atoms with Gasteiger partial charge in [-0.2, -0.15) is 13.2 Å². The number of hydrogen-bond donors (Lipinski definition) is 1. The number of aromatic nitrogens is 1. The first-order chi connectivity index (χ1) is 11.4. The Morgan fingerprint density at radius 3 is 2.88 bits per heavy atom. The van der Waals surface area contributed by atoms with Gasteiger partial charge in [-0.05, 0) is 12.1 Å². The normalized spacial score (nSPS) is 13.0. The number of carbonyl (C=O) groups is 1. The highest BCUT2D eigenvalue weighted by Crippen LogP contribution is 2.35. The molecule has 0 saturated heterocycles. The quantitative estimate of drug-likeness (QED) is 0.896. The summed E-state index contributed by atoms with van der Waals surface area (Å²) in [5.41, 5.74) is -0.261. The third-order valence-electron chi connectivity index (χ3n) is 2.94. The first-order valence-corrected chi connectivity index (χ1v) is 6.72. The minimum absolute atomic E-state index is 0.0461. The van der Waals surface area contributed by atoms with Crippen LogP contribution in [-0.2, 0) is 6.61 Å². The fourth-order valence-electron chi connectivity index (χ4n) is 1.86. The van der Waals surface area contributed by atoms with E-state index >= 15 is 0 Å². The van der Waals surface area contributed by atoms with Gasteiger partial charge in [0.1, 0.15) is 18.6 Å². The molecule has 0 unspecified atom stereocenters. The highest BCUT2D eigenvalue weighted by molar-refractivity contribution is 5.91. The van der Waals surface area contributed by atoms with Crippen molar-refractivity contribution in [3.63, 3.8) is 0 Å². The summed E-state index contributed by atoms with van der Waals surface area (Å²) < 4.78 is 56.9. The smallest absolute Gasteiger partial charge is 0.405 e. The molecule has 7 nitrogen and oxygen atoms in total. The maximum absolute atomic E-state index is 12.0. The van der Waals surface area contributed by atoms with Gasteiger partial charge in [-0.3, -0.25) is 4.79 Å². The van der Waals surface area contributed by atoms with Gasteiger partial charge in [-0.15, -0.1) is 0 Å². The maximum Gasteiger partial charge on any atom is 0.405 e. The largest absolute Gasteiger partial charge is 0.484 e. The monoisotopic (exact) mass is 344 g/mol. The Morgan fingerprint density at radius 1 is 1.29 bits per heavy atom. The molecule has 10 heteroatoms. The fourth-order valence-corrected chi connectivity index (χ4v) is 1.86. The molecule has 1 N–H and O–H groups in total. The molecule has 1 amide bonds. The third kappa shape index (κ3) is 3.89. The first-order valence-electron chi connectivity index (χ1n) is 6.72. The summed E-state index contributed by atoms with van der Waals surface area (Å²) in [6.45, 7) is -1.41.